The van der Waals surface area contributed by atoms with Gasteiger partial charge in [0.25, 0.3) is 0 Å². The Labute approximate surface area is 83.0 Å². The molecule has 3 N–H and O–H groups in total. The molecule has 0 aliphatic rings. The number of carbonyl (C=O) groups excluding carboxylic acids is 1. The standard InChI is InChI=1S/C10H14N2O2/c1-7-5-8(10(11)13)3-4-9(7)6-12-14-2/h3-5,12H,6H2,1-2H3,(H2,11,13). The minimum absolute atomic E-state index is 0.403. The van der Waals surface area contributed by atoms with E-state index >= 15 is 0 Å². The average Bonchev–Trinajstić information content (AvgIpc) is 2.15. The third-order valence-corrected chi connectivity index (χ3v) is 2.03. The highest BCUT2D eigenvalue weighted by atomic mass is 16.6. The molecule has 1 amide bonds. The van der Waals surface area contributed by atoms with Gasteiger partial charge in [0.15, 0.2) is 0 Å². The first-order valence-corrected chi connectivity index (χ1v) is 4.30. The maximum atomic E-state index is 10.9. The highest BCUT2D eigenvalue weighted by Crippen LogP contribution is 2.10. The van der Waals surface area contributed by atoms with Crippen LogP contribution >= 0.6 is 0 Å². The van der Waals surface area contributed by atoms with Crippen molar-refractivity contribution in [1.82, 2.24) is 5.48 Å². The van der Waals surface area contributed by atoms with Crippen LogP contribution in [0.25, 0.3) is 0 Å². The fourth-order valence-electron chi connectivity index (χ4n) is 1.20. The zero-order valence-electron chi connectivity index (χ0n) is 8.33. The highest BCUT2D eigenvalue weighted by molar-refractivity contribution is 5.93. The van der Waals surface area contributed by atoms with Gasteiger partial charge in [0.2, 0.25) is 5.91 Å². The number of hydrogen-bond acceptors (Lipinski definition) is 3. The van der Waals surface area contributed by atoms with E-state index in [4.69, 9.17) is 10.6 Å². The fraction of sp³-hybridized carbons (Fsp3) is 0.300. The molecular weight excluding hydrogens is 180 g/mol. The maximum absolute atomic E-state index is 10.9. The molecule has 0 unspecified atom stereocenters. The number of primary amides is 1. The molecule has 0 bridgehead atoms. The van der Waals surface area contributed by atoms with Crippen LogP contribution in [0.15, 0.2) is 18.2 Å². The van der Waals surface area contributed by atoms with Gasteiger partial charge in [0.1, 0.15) is 0 Å². The van der Waals surface area contributed by atoms with E-state index in [-0.39, 0.29) is 0 Å². The Morgan fingerprint density at radius 2 is 2.29 bits per heavy atom. The zero-order chi connectivity index (χ0) is 10.6. The molecule has 4 nitrogen and oxygen atoms in total. The van der Waals surface area contributed by atoms with Crippen molar-refractivity contribution >= 4 is 5.91 Å². The summed E-state index contributed by atoms with van der Waals surface area (Å²) in [4.78, 5) is 15.6. The Bertz CT molecular complexity index is 337. The Morgan fingerprint density at radius 3 is 2.79 bits per heavy atom. The van der Waals surface area contributed by atoms with E-state index in [1.165, 1.54) is 0 Å². The third-order valence-electron chi connectivity index (χ3n) is 2.03. The van der Waals surface area contributed by atoms with Crippen LogP contribution in [-0.2, 0) is 11.4 Å². The van der Waals surface area contributed by atoms with Gasteiger partial charge in [0.05, 0.1) is 7.11 Å². The van der Waals surface area contributed by atoms with E-state index in [1.54, 1.807) is 19.2 Å². The summed E-state index contributed by atoms with van der Waals surface area (Å²) in [5.41, 5.74) is 10.5. The van der Waals surface area contributed by atoms with Crippen molar-refractivity contribution in [3.63, 3.8) is 0 Å². The van der Waals surface area contributed by atoms with Gasteiger partial charge in [-0.05, 0) is 30.2 Å². The van der Waals surface area contributed by atoms with E-state index < -0.39 is 5.91 Å². The number of carbonyl (C=O) groups is 1. The summed E-state index contributed by atoms with van der Waals surface area (Å²) in [7, 11) is 1.56. The van der Waals surface area contributed by atoms with E-state index in [0.717, 1.165) is 11.1 Å². The topological polar surface area (TPSA) is 64.3 Å². The lowest BCUT2D eigenvalue weighted by Crippen LogP contribution is -2.14. The van der Waals surface area contributed by atoms with Crippen molar-refractivity contribution in [3.05, 3.63) is 34.9 Å². The third kappa shape index (κ3) is 2.55. The van der Waals surface area contributed by atoms with Gasteiger partial charge in [-0.3, -0.25) is 4.79 Å². The quantitative estimate of drug-likeness (QED) is 0.695. The normalized spacial score (nSPS) is 10.1. The van der Waals surface area contributed by atoms with Gasteiger partial charge in [0, 0.05) is 12.1 Å². The molecule has 0 spiro atoms. The molecule has 0 aromatic heterocycles. The second kappa shape index (κ2) is 4.74. The number of hydroxylamine groups is 1. The number of nitrogens with one attached hydrogen (secondary N) is 1. The van der Waals surface area contributed by atoms with Gasteiger partial charge >= 0.3 is 0 Å². The molecule has 76 valence electrons. The average molecular weight is 194 g/mol. The highest BCUT2D eigenvalue weighted by Gasteiger charge is 2.03. The van der Waals surface area contributed by atoms with Gasteiger partial charge in [-0.25, -0.2) is 0 Å². The lowest BCUT2D eigenvalue weighted by molar-refractivity contribution is 0.0866. The molecule has 1 aromatic rings. The van der Waals surface area contributed by atoms with Crippen LogP contribution in [0.3, 0.4) is 0 Å². The monoisotopic (exact) mass is 194 g/mol. The minimum atomic E-state index is -0.403. The van der Waals surface area contributed by atoms with Crippen LogP contribution in [0.5, 0.6) is 0 Å². The van der Waals surface area contributed by atoms with E-state index in [0.29, 0.717) is 12.1 Å². The van der Waals surface area contributed by atoms with E-state index in [9.17, 15) is 4.79 Å². The van der Waals surface area contributed by atoms with Crippen molar-refractivity contribution in [1.29, 1.82) is 0 Å². The number of rotatable bonds is 4. The second-order valence-corrected chi connectivity index (χ2v) is 3.03. The van der Waals surface area contributed by atoms with Crippen LogP contribution < -0.4 is 11.2 Å². The van der Waals surface area contributed by atoms with Gasteiger partial charge in [-0.15, -0.1) is 0 Å². The number of hydrogen-bond donors (Lipinski definition) is 2. The smallest absolute Gasteiger partial charge is 0.248 e. The van der Waals surface area contributed by atoms with E-state index in [1.807, 2.05) is 13.0 Å². The van der Waals surface area contributed by atoms with Gasteiger partial charge < -0.3 is 10.6 Å². The molecular formula is C10H14N2O2. The number of aryl methyl sites for hydroxylation is 1. The number of nitrogens with two attached hydrogens (primary N) is 1. The molecule has 0 saturated heterocycles. The van der Waals surface area contributed by atoms with Crippen LogP contribution in [0.4, 0.5) is 0 Å². The molecule has 1 rings (SSSR count). The lowest BCUT2D eigenvalue weighted by Gasteiger charge is -2.07. The summed E-state index contributed by atoms with van der Waals surface area (Å²) in [5.74, 6) is -0.403. The molecule has 0 aliphatic heterocycles. The summed E-state index contributed by atoms with van der Waals surface area (Å²) in [5, 5.41) is 0. The van der Waals surface area contributed by atoms with Crippen LogP contribution in [0, 0.1) is 6.92 Å². The van der Waals surface area contributed by atoms with Crippen LogP contribution in [-0.4, -0.2) is 13.0 Å². The molecule has 0 saturated carbocycles. The Hall–Kier alpha value is -1.39. The molecule has 0 aliphatic carbocycles. The molecule has 1 aromatic carbocycles. The van der Waals surface area contributed by atoms with Gasteiger partial charge in [-0.2, -0.15) is 5.48 Å². The summed E-state index contributed by atoms with van der Waals surface area (Å²) in [6, 6.07) is 5.35. The molecule has 14 heavy (non-hydrogen) atoms. The second-order valence-electron chi connectivity index (χ2n) is 3.03. The Balaban J connectivity index is 2.84. The predicted octanol–water partition coefficient (Wildman–Crippen LogP) is 0.745. The minimum Gasteiger partial charge on any atom is -0.366 e. The van der Waals surface area contributed by atoms with Crippen molar-refractivity contribution in [2.24, 2.45) is 5.73 Å². The number of amides is 1. The van der Waals surface area contributed by atoms with Crippen molar-refractivity contribution in [2.75, 3.05) is 7.11 Å². The first-order chi connectivity index (χ1) is 6.65. The van der Waals surface area contributed by atoms with Crippen molar-refractivity contribution in [2.45, 2.75) is 13.5 Å². The first-order valence-electron chi connectivity index (χ1n) is 4.30. The van der Waals surface area contributed by atoms with Crippen molar-refractivity contribution < 1.29 is 9.63 Å². The summed E-state index contributed by atoms with van der Waals surface area (Å²) >= 11 is 0. The SMILES string of the molecule is CONCc1ccc(C(N)=O)cc1C. The van der Waals surface area contributed by atoms with Gasteiger partial charge in [-0.1, -0.05) is 6.07 Å². The first kappa shape index (κ1) is 10.7. The Kier molecular flexibility index (Phi) is 3.62. The summed E-state index contributed by atoms with van der Waals surface area (Å²) in [6.07, 6.45) is 0. The number of benzene rings is 1. The molecule has 0 atom stereocenters. The summed E-state index contributed by atoms with van der Waals surface area (Å²) in [6.45, 7) is 2.54. The molecule has 0 heterocycles. The van der Waals surface area contributed by atoms with E-state index in [2.05, 4.69) is 5.48 Å². The van der Waals surface area contributed by atoms with Crippen LogP contribution in [0.2, 0.25) is 0 Å². The molecule has 4 heteroatoms. The molecule has 0 fully saturated rings. The summed E-state index contributed by atoms with van der Waals surface area (Å²) < 4.78 is 0. The maximum Gasteiger partial charge on any atom is 0.248 e. The largest absolute Gasteiger partial charge is 0.366 e. The van der Waals surface area contributed by atoms with Crippen molar-refractivity contribution in [3.8, 4) is 0 Å². The molecule has 0 radical (unpaired) electrons. The Morgan fingerprint density at radius 1 is 1.57 bits per heavy atom. The van der Waals surface area contributed by atoms with Crippen LogP contribution in [0.1, 0.15) is 21.5 Å². The predicted molar refractivity (Wildman–Crippen MR) is 53.5 cm³/mol. The fourth-order valence-corrected chi connectivity index (χ4v) is 1.20. The lowest BCUT2D eigenvalue weighted by atomic mass is 10.1. The zero-order valence-corrected chi connectivity index (χ0v) is 8.33.